The molecule has 92 valence electrons. The Hall–Kier alpha value is -1.26. The van der Waals surface area contributed by atoms with E-state index < -0.39 is 5.97 Å². The van der Waals surface area contributed by atoms with Gasteiger partial charge in [-0.2, -0.15) is 0 Å². The van der Waals surface area contributed by atoms with Gasteiger partial charge >= 0.3 is 12.0 Å². The van der Waals surface area contributed by atoms with E-state index in [9.17, 15) is 9.59 Å². The first-order valence-electron chi connectivity index (χ1n) is 5.72. The Labute approximate surface area is 96.0 Å². The Kier molecular flexibility index (Phi) is 4.15. The number of carboxylic acid groups (broad SMARTS) is 1. The highest BCUT2D eigenvalue weighted by atomic mass is 16.4. The van der Waals surface area contributed by atoms with Crippen molar-refractivity contribution in [2.24, 2.45) is 0 Å². The van der Waals surface area contributed by atoms with Crippen LogP contribution in [0.2, 0.25) is 0 Å². The van der Waals surface area contributed by atoms with Crippen LogP contribution in [-0.2, 0) is 4.79 Å². The molecule has 5 heteroatoms. The summed E-state index contributed by atoms with van der Waals surface area (Å²) < 4.78 is 0. The second-order valence-electron chi connectivity index (χ2n) is 4.44. The number of carbonyl (C=O) groups excluding carboxylic acids is 1. The zero-order valence-corrected chi connectivity index (χ0v) is 10.1. The lowest BCUT2D eigenvalue weighted by atomic mass is 10.1. The molecule has 5 nitrogen and oxygen atoms in total. The van der Waals surface area contributed by atoms with Crippen LogP contribution in [-0.4, -0.2) is 52.6 Å². The predicted octanol–water partition coefficient (Wildman–Crippen LogP) is 1.39. The van der Waals surface area contributed by atoms with E-state index >= 15 is 0 Å². The fourth-order valence-corrected chi connectivity index (χ4v) is 2.14. The Morgan fingerprint density at radius 2 is 2.25 bits per heavy atom. The number of carbonyl (C=O) groups is 2. The van der Waals surface area contributed by atoms with Gasteiger partial charge in [-0.15, -0.1) is 0 Å². The molecule has 0 aromatic rings. The van der Waals surface area contributed by atoms with Crippen molar-refractivity contribution in [1.29, 1.82) is 0 Å². The molecule has 1 saturated heterocycles. The third-order valence-electron chi connectivity index (χ3n) is 3.13. The van der Waals surface area contributed by atoms with Crippen molar-refractivity contribution in [3.63, 3.8) is 0 Å². The van der Waals surface area contributed by atoms with Crippen LogP contribution in [0.4, 0.5) is 4.79 Å². The van der Waals surface area contributed by atoms with Crippen LogP contribution in [0.5, 0.6) is 0 Å². The zero-order valence-electron chi connectivity index (χ0n) is 10.1. The molecule has 1 rings (SSSR count). The maximum absolute atomic E-state index is 11.9. The van der Waals surface area contributed by atoms with Gasteiger partial charge in [-0.3, -0.25) is 4.79 Å². The fraction of sp³-hybridized carbons (Fsp3) is 0.818. The minimum absolute atomic E-state index is 0.0123. The van der Waals surface area contributed by atoms with E-state index in [0.717, 1.165) is 12.8 Å². The molecule has 0 aromatic heterocycles. The monoisotopic (exact) mass is 228 g/mol. The van der Waals surface area contributed by atoms with Gasteiger partial charge in [-0.1, -0.05) is 13.3 Å². The van der Waals surface area contributed by atoms with Crippen molar-refractivity contribution in [2.45, 2.75) is 45.2 Å². The average Bonchev–Trinajstić information content (AvgIpc) is 2.46. The molecule has 0 spiro atoms. The van der Waals surface area contributed by atoms with Crippen LogP contribution in [0.25, 0.3) is 0 Å². The van der Waals surface area contributed by atoms with Gasteiger partial charge < -0.3 is 14.9 Å². The summed E-state index contributed by atoms with van der Waals surface area (Å²) in [5, 5.41) is 8.71. The van der Waals surface area contributed by atoms with Crippen LogP contribution in [0.15, 0.2) is 0 Å². The summed E-state index contributed by atoms with van der Waals surface area (Å²) in [6.45, 7) is 4.52. The molecule has 0 aliphatic carbocycles. The number of rotatable bonds is 5. The van der Waals surface area contributed by atoms with Crippen LogP contribution in [0, 0.1) is 0 Å². The maximum Gasteiger partial charge on any atom is 0.320 e. The Morgan fingerprint density at radius 1 is 1.62 bits per heavy atom. The van der Waals surface area contributed by atoms with Crippen molar-refractivity contribution in [3.8, 4) is 0 Å². The van der Waals surface area contributed by atoms with Crippen LogP contribution < -0.4 is 0 Å². The van der Waals surface area contributed by atoms with Gasteiger partial charge in [0.15, 0.2) is 0 Å². The summed E-state index contributed by atoms with van der Waals surface area (Å²) in [4.78, 5) is 25.9. The second kappa shape index (κ2) is 5.18. The number of nitrogens with zero attached hydrogens (tertiary/aromatic N) is 2. The lowest BCUT2D eigenvalue weighted by molar-refractivity contribution is -0.137. The average molecular weight is 228 g/mol. The summed E-state index contributed by atoms with van der Waals surface area (Å²) in [6.07, 6.45) is 2.01. The van der Waals surface area contributed by atoms with E-state index in [0.29, 0.717) is 6.54 Å². The number of carboxylic acids is 1. The van der Waals surface area contributed by atoms with Gasteiger partial charge in [0.1, 0.15) is 0 Å². The minimum atomic E-state index is -0.859. The number of urea groups is 1. The molecular weight excluding hydrogens is 208 g/mol. The first kappa shape index (κ1) is 12.8. The molecule has 2 unspecified atom stereocenters. The van der Waals surface area contributed by atoms with E-state index in [2.05, 4.69) is 6.92 Å². The molecule has 1 fully saturated rings. The van der Waals surface area contributed by atoms with Crippen molar-refractivity contribution < 1.29 is 14.7 Å². The van der Waals surface area contributed by atoms with E-state index in [1.165, 1.54) is 0 Å². The van der Waals surface area contributed by atoms with Gasteiger partial charge in [0.05, 0.1) is 12.5 Å². The smallest absolute Gasteiger partial charge is 0.320 e. The molecule has 1 N–H and O–H groups in total. The predicted molar refractivity (Wildman–Crippen MR) is 60.3 cm³/mol. The molecule has 2 amide bonds. The van der Waals surface area contributed by atoms with E-state index in [-0.39, 0.29) is 24.5 Å². The molecule has 1 aliphatic heterocycles. The highest BCUT2D eigenvalue weighted by Crippen LogP contribution is 2.21. The normalized spacial score (nSPS) is 22.7. The molecule has 0 bridgehead atoms. The summed E-state index contributed by atoms with van der Waals surface area (Å²) in [6, 6.07) is -0.0461. The summed E-state index contributed by atoms with van der Waals surface area (Å²) >= 11 is 0. The van der Waals surface area contributed by atoms with Crippen LogP contribution >= 0.6 is 0 Å². The fourth-order valence-electron chi connectivity index (χ4n) is 2.14. The number of hydrogen-bond donors (Lipinski definition) is 1. The number of amides is 2. The number of likely N-dealkylation sites (N-methyl/N-ethyl adjacent to an activating group) is 1. The Balaban J connectivity index is 2.62. The molecule has 2 atom stereocenters. The van der Waals surface area contributed by atoms with Crippen molar-refractivity contribution in [3.05, 3.63) is 0 Å². The molecule has 1 heterocycles. The minimum Gasteiger partial charge on any atom is -0.481 e. The van der Waals surface area contributed by atoms with Gasteiger partial charge in [0.25, 0.3) is 0 Å². The molecular formula is C11H20N2O3. The molecule has 0 radical (unpaired) electrons. The van der Waals surface area contributed by atoms with Crippen LogP contribution in [0.1, 0.15) is 33.1 Å². The van der Waals surface area contributed by atoms with Crippen molar-refractivity contribution in [1.82, 2.24) is 9.80 Å². The lowest BCUT2D eigenvalue weighted by Crippen LogP contribution is -2.37. The number of aliphatic carboxylic acids is 1. The third kappa shape index (κ3) is 2.65. The van der Waals surface area contributed by atoms with Gasteiger partial charge in [0, 0.05) is 19.6 Å². The van der Waals surface area contributed by atoms with Crippen molar-refractivity contribution in [2.75, 3.05) is 13.6 Å². The SMILES string of the molecule is CCCC1CN(C(C)CC(=O)O)C(=O)N1C. The molecule has 1 aliphatic rings. The molecule has 16 heavy (non-hydrogen) atoms. The summed E-state index contributed by atoms with van der Waals surface area (Å²) in [5.74, 6) is -0.859. The van der Waals surface area contributed by atoms with E-state index in [4.69, 9.17) is 5.11 Å². The molecule has 0 saturated carbocycles. The van der Waals surface area contributed by atoms with E-state index in [1.807, 2.05) is 0 Å². The van der Waals surface area contributed by atoms with E-state index in [1.54, 1.807) is 23.8 Å². The van der Waals surface area contributed by atoms with Gasteiger partial charge in [0.2, 0.25) is 0 Å². The topological polar surface area (TPSA) is 60.9 Å². The first-order chi connectivity index (χ1) is 7.47. The number of hydrogen-bond acceptors (Lipinski definition) is 2. The maximum atomic E-state index is 11.9. The lowest BCUT2D eigenvalue weighted by Gasteiger charge is -2.22. The van der Waals surface area contributed by atoms with Gasteiger partial charge in [-0.05, 0) is 13.3 Å². The van der Waals surface area contributed by atoms with Crippen LogP contribution in [0.3, 0.4) is 0 Å². The summed E-state index contributed by atoms with van der Waals surface area (Å²) in [5.41, 5.74) is 0. The highest BCUT2D eigenvalue weighted by Gasteiger charge is 2.36. The molecule has 0 aromatic carbocycles. The Morgan fingerprint density at radius 3 is 2.75 bits per heavy atom. The highest BCUT2D eigenvalue weighted by molar-refractivity contribution is 5.78. The van der Waals surface area contributed by atoms with Crippen molar-refractivity contribution >= 4 is 12.0 Å². The van der Waals surface area contributed by atoms with Gasteiger partial charge in [-0.25, -0.2) is 4.79 Å². The quantitative estimate of drug-likeness (QED) is 0.773. The third-order valence-corrected chi connectivity index (χ3v) is 3.13. The Bertz CT molecular complexity index is 280. The first-order valence-corrected chi connectivity index (χ1v) is 5.72. The zero-order chi connectivity index (χ0) is 12.3. The largest absolute Gasteiger partial charge is 0.481 e. The standard InChI is InChI=1S/C11H20N2O3/c1-4-5-9-7-13(11(16)12(9)3)8(2)6-10(14)15/h8-9H,4-7H2,1-3H3,(H,14,15). The second-order valence-corrected chi connectivity index (χ2v) is 4.44. The summed E-state index contributed by atoms with van der Waals surface area (Å²) in [7, 11) is 1.79.